The lowest BCUT2D eigenvalue weighted by molar-refractivity contribution is -0.117. The van der Waals surface area contributed by atoms with E-state index in [0.717, 1.165) is 13.0 Å². The molecule has 2 atom stereocenters. The van der Waals surface area contributed by atoms with Crippen molar-refractivity contribution in [2.24, 2.45) is 5.92 Å². The van der Waals surface area contributed by atoms with Crippen molar-refractivity contribution in [3.05, 3.63) is 12.2 Å². The van der Waals surface area contributed by atoms with Gasteiger partial charge in [0, 0.05) is 18.9 Å². The maximum atomic E-state index is 11.0. The normalized spacial score (nSPS) is 42.6. The van der Waals surface area contributed by atoms with Gasteiger partial charge in [-0.3, -0.25) is 4.79 Å². The number of rotatable bonds is 0. The zero-order valence-electron chi connectivity index (χ0n) is 6.67. The Hall–Kier alpha value is -0.630. The molecule has 0 spiro atoms. The number of hydrogen-bond acceptors (Lipinski definition) is 2. The van der Waals surface area contributed by atoms with E-state index in [9.17, 15) is 4.79 Å². The quantitative estimate of drug-likeness (QED) is 0.523. The van der Waals surface area contributed by atoms with Gasteiger partial charge in [0.15, 0.2) is 5.78 Å². The first kappa shape index (κ1) is 7.04. The predicted octanol–water partition coefficient (Wildman–Crippen LogP) is 1.31. The highest BCUT2D eigenvalue weighted by molar-refractivity contribution is 5.91. The second-order valence-electron chi connectivity index (χ2n) is 3.52. The van der Waals surface area contributed by atoms with E-state index in [1.165, 1.54) is 0 Å². The Morgan fingerprint density at radius 3 is 3.36 bits per heavy atom. The fraction of sp³-hybridized carbons (Fsp3) is 0.667. The maximum Gasteiger partial charge on any atom is 0.155 e. The number of ketones is 1. The molecule has 0 aromatic rings. The van der Waals surface area contributed by atoms with Gasteiger partial charge in [-0.05, 0) is 25.5 Å². The van der Waals surface area contributed by atoms with E-state index in [-0.39, 0.29) is 11.4 Å². The van der Waals surface area contributed by atoms with Gasteiger partial charge in [0.25, 0.3) is 0 Å². The Labute approximate surface area is 66.2 Å². The third-order valence-corrected chi connectivity index (χ3v) is 2.74. The van der Waals surface area contributed by atoms with Crippen molar-refractivity contribution in [2.75, 3.05) is 6.61 Å². The van der Waals surface area contributed by atoms with Gasteiger partial charge in [-0.1, -0.05) is 0 Å². The molecular formula is C9H12O2. The minimum Gasteiger partial charge on any atom is -0.371 e. The second-order valence-corrected chi connectivity index (χ2v) is 3.52. The molecule has 1 aliphatic carbocycles. The summed E-state index contributed by atoms with van der Waals surface area (Å²) in [5, 5.41) is 0. The lowest BCUT2D eigenvalue weighted by Crippen LogP contribution is -2.33. The number of hydrogen-bond donors (Lipinski definition) is 0. The average molecular weight is 152 g/mol. The standard InChI is InChI=1S/C9H12O2/c1-9-4-2-8(10)6-7(9)3-5-11-9/h2,4,7H,3,5-6H2,1H3. The molecule has 1 aliphatic heterocycles. The SMILES string of the molecule is CC12C=CC(=O)CC1CCO2. The summed E-state index contributed by atoms with van der Waals surface area (Å²) in [6, 6.07) is 0. The molecule has 11 heavy (non-hydrogen) atoms. The van der Waals surface area contributed by atoms with E-state index in [1.807, 2.05) is 6.08 Å². The Balaban J connectivity index is 2.28. The molecule has 60 valence electrons. The van der Waals surface area contributed by atoms with Gasteiger partial charge in [0.1, 0.15) is 0 Å². The first-order valence-electron chi connectivity index (χ1n) is 4.07. The van der Waals surface area contributed by atoms with Crippen LogP contribution in [0.25, 0.3) is 0 Å². The van der Waals surface area contributed by atoms with Crippen molar-refractivity contribution in [1.29, 1.82) is 0 Å². The fourth-order valence-electron chi connectivity index (χ4n) is 1.88. The molecule has 2 rings (SSSR count). The molecule has 2 nitrogen and oxygen atoms in total. The highest BCUT2D eigenvalue weighted by Gasteiger charge is 2.40. The molecule has 1 saturated heterocycles. The van der Waals surface area contributed by atoms with Gasteiger partial charge in [0.2, 0.25) is 0 Å². The topological polar surface area (TPSA) is 26.3 Å². The van der Waals surface area contributed by atoms with Crippen LogP contribution < -0.4 is 0 Å². The van der Waals surface area contributed by atoms with Crippen molar-refractivity contribution in [2.45, 2.75) is 25.4 Å². The molecule has 0 saturated carbocycles. The summed E-state index contributed by atoms with van der Waals surface area (Å²) < 4.78 is 5.55. The van der Waals surface area contributed by atoms with Crippen LogP contribution in [0.1, 0.15) is 19.8 Å². The summed E-state index contributed by atoms with van der Waals surface area (Å²) in [5.74, 6) is 0.679. The van der Waals surface area contributed by atoms with Crippen LogP contribution in [0, 0.1) is 5.92 Å². The summed E-state index contributed by atoms with van der Waals surface area (Å²) in [6.45, 7) is 2.87. The van der Waals surface area contributed by atoms with Crippen molar-refractivity contribution >= 4 is 5.78 Å². The zero-order valence-corrected chi connectivity index (χ0v) is 6.67. The number of fused-ring (bicyclic) bond motifs is 1. The maximum absolute atomic E-state index is 11.0. The Kier molecular flexibility index (Phi) is 1.39. The third kappa shape index (κ3) is 1.02. The van der Waals surface area contributed by atoms with Gasteiger partial charge >= 0.3 is 0 Å². The van der Waals surface area contributed by atoms with Crippen LogP contribution in [-0.2, 0) is 9.53 Å². The molecule has 0 radical (unpaired) electrons. The number of ether oxygens (including phenoxy) is 1. The van der Waals surface area contributed by atoms with Crippen LogP contribution in [0.2, 0.25) is 0 Å². The van der Waals surface area contributed by atoms with E-state index in [2.05, 4.69) is 6.92 Å². The van der Waals surface area contributed by atoms with Crippen LogP contribution in [0.3, 0.4) is 0 Å². The molecule has 1 fully saturated rings. The largest absolute Gasteiger partial charge is 0.371 e. The van der Waals surface area contributed by atoms with Crippen LogP contribution in [-0.4, -0.2) is 18.0 Å². The van der Waals surface area contributed by atoms with Crippen molar-refractivity contribution in [3.8, 4) is 0 Å². The summed E-state index contributed by atoms with van der Waals surface area (Å²) in [6.07, 6.45) is 5.28. The first-order valence-corrected chi connectivity index (χ1v) is 4.07. The van der Waals surface area contributed by atoms with E-state index in [4.69, 9.17) is 4.74 Å². The smallest absolute Gasteiger partial charge is 0.155 e. The number of carbonyl (C=O) groups is 1. The molecule has 2 unspecified atom stereocenters. The predicted molar refractivity (Wildman–Crippen MR) is 41.2 cm³/mol. The minimum absolute atomic E-state index is 0.131. The molecule has 2 heteroatoms. The van der Waals surface area contributed by atoms with E-state index < -0.39 is 0 Å². The van der Waals surface area contributed by atoms with Crippen molar-refractivity contribution in [1.82, 2.24) is 0 Å². The molecule has 0 amide bonds. The summed E-state index contributed by atoms with van der Waals surface area (Å²) in [5.41, 5.74) is -0.131. The van der Waals surface area contributed by atoms with Crippen LogP contribution in [0.4, 0.5) is 0 Å². The van der Waals surface area contributed by atoms with Crippen LogP contribution in [0.15, 0.2) is 12.2 Å². The lowest BCUT2D eigenvalue weighted by atomic mass is 9.81. The Bertz CT molecular complexity index is 220. The average Bonchev–Trinajstić information content (AvgIpc) is 2.31. The van der Waals surface area contributed by atoms with E-state index in [1.54, 1.807) is 6.08 Å². The molecule has 0 bridgehead atoms. The van der Waals surface area contributed by atoms with E-state index >= 15 is 0 Å². The second kappa shape index (κ2) is 2.18. The molecule has 0 aromatic carbocycles. The Morgan fingerprint density at radius 2 is 2.55 bits per heavy atom. The molecular weight excluding hydrogens is 140 g/mol. The zero-order chi connectivity index (χ0) is 7.90. The van der Waals surface area contributed by atoms with Crippen molar-refractivity contribution in [3.63, 3.8) is 0 Å². The minimum atomic E-state index is -0.131. The molecule has 2 aliphatic rings. The van der Waals surface area contributed by atoms with Gasteiger partial charge in [0.05, 0.1) is 5.60 Å². The fourth-order valence-corrected chi connectivity index (χ4v) is 1.88. The monoisotopic (exact) mass is 152 g/mol. The van der Waals surface area contributed by atoms with Crippen LogP contribution >= 0.6 is 0 Å². The molecule has 0 N–H and O–H groups in total. The lowest BCUT2D eigenvalue weighted by Gasteiger charge is -2.29. The molecule has 0 aromatic heterocycles. The van der Waals surface area contributed by atoms with Gasteiger partial charge in [-0.25, -0.2) is 0 Å². The van der Waals surface area contributed by atoms with Gasteiger partial charge < -0.3 is 4.74 Å². The Morgan fingerprint density at radius 1 is 1.73 bits per heavy atom. The highest BCUT2D eigenvalue weighted by Crippen LogP contribution is 2.38. The summed E-state index contributed by atoms with van der Waals surface area (Å²) in [7, 11) is 0. The number of allylic oxidation sites excluding steroid dienone is 1. The third-order valence-electron chi connectivity index (χ3n) is 2.74. The van der Waals surface area contributed by atoms with E-state index in [0.29, 0.717) is 12.3 Å². The summed E-state index contributed by atoms with van der Waals surface area (Å²) >= 11 is 0. The first-order chi connectivity index (χ1) is 5.21. The van der Waals surface area contributed by atoms with Crippen molar-refractivity contribution < 1.29 is 9.53 Å². The molecule has 1 heterocycles. The number of carbonyl (C=O) groups excluding carboxylic acids is 1. The summed E-state index contributed by atoms with van der Waals surface area (Å²) in [4.78, 5) is 11.0. The van der Waals surface area contributed by atoms with Gasteiger partial charge in [-0.2, -0.15) is 0 Å². The highest BCUT2D eigenvalue weighted by atomic mass is 16.5. The van der Waals surface area contributed by atoms with Crippen LogP contribution in [0.5, 0.6) is 0 Å². The van der Waals surface area contributed by atoms with Gasteiger partial charge in [-0.15, -0.1) is 0 Å².